The van der Waals surface area contributed by atoms with Crippen molar-refractivity contribution >= 4 is 23.5 Å². The first-order chi connectivity index (χ1) is 13.4. The van der Waals surface area contributed by atoms with Crippen LogP contribution in [-0.4, -0.2) is 42.6 Å². The summed E-state index contributed by atoms with van der Waals surface area (Å²) in [6.45, 7) is 1.46. The number of ether oxygens (including phenoxy) is 2. The maximum atomic E-state index is 12.1. The molecule has 0 spiro atoms. The average Bonchev–Trinajstić information content (AvgIpc) is 2.70. The van der Waals surface area contributed by atoms with Crippen molar-refractivity contribution in [1.29, 1.82) is 0 Å². The average molecular weight is 386 g/mol. The van der Waals surface area contributed by atoms with Crippen molar-refractivity contribution in [3.05, 3.63) is 54.1 Å². The number of carboxylic acids is 1. The quantitative estimate of drug-likeness (QED) is 0.609. The highest BCUT2D eigenvalue weighted by Gasteiger charge is 2.18. The van der Waals surface area contributed by atoms with Crippen LogP contribution in [0.4, 0.5) is 5.69 Å². The third-order valence-electron chi connectivity index (χ3n) is 3.85. The molecule has 0 fully saturated rings. The summed E-state index contributed by atoms with van der Waals surface area (Å²) < 4.78 is 10.5. The summed E-state index contributed by atoms with van der Waals surface area (Å²) in [6.07, 6.45) is 0.282. The summed E-state index contributed by atoms with van der Waals surface area (Å²) in [5, 5.41) is 14.1. The molecule has 8 nitrogen and oxygen atoms in total. The molecule has 8 heteroatoms. The minimum Gasteiger partial charge on any atom is -0.497 e. The maximum Gasteiger partial charge on any atom is 0.326 e. The van der Waals surface area contributed by atoms with E-state index in [1.807, 2.05) is 0 Å². The van der Waals surface area contributed by atoms with Gasteiger partial charge in [-0.1, -0.05) is 13.0 Å². The number of carbonyl (C=O) groups excluding carboxylic acids is 2. The minimum atomic E-state index is -1.09. The highest BCUT2D eigenvalue weighted by molar-refractivity contribution is 5.96. The molecule has 0 aliphatic carbocycles. The standard InChI is InChI=1S/C20H22N2O6/c1-3-17(20(25)26)22-19(24)13-7-9-15(10-8-13)28-12-18(23)21-14-5-4-6-16(11-14)27-2/h4-11,17H,3,12H2,1-2H3,(H,21,23)(H,22,24)(H,25,26). The van der Waals surface area contributed by atoms with E-state index in [9.17, 15) is 14.4 Å². The molecule has 0 aromatic heterocycles. The van der Waals surface area contributed by atoms with E-state index in [4.69, 9.17) is 14.6 Å². The molecule has 0 aliphatic heterocycles. The van der Waals surface area contributed by atoms with E-state index < -0.39 is 17.9 Å². The Morgan fingerprint density at radius 1 is 1.07 bits per heavy atom. The first-order valence-corrected chi connectivity index (χ1v) is 8.63. The largest absolute Gasteiger partial charge is 0.497 e. The van der Waals surface area contributed by atoms with Gasteiger partial charge in [0, 0.05) is 17.3 Å². The van der Waals surface area contributed by atoms with Crippen LogP contribution in [0.2, 0.25) is 0 Å². The molecule has 2 aromatic rings. The van der Waals surface area contributed by atoms with Crippen LogP contribution in [0.5, 0.6) is 11.5 Å². The van der Waals surface area contributed by atoms with E-state index in [1.165, 1.54) is 31.4 Å². The normalized spacial score (nSPS) is 11.2. The number of carboxylic acid groups (broad SMARTS) is 1. The van der Waals surface area contributed by atoms with Gasteiger partial charge in [-0.3, -0.25) is 9.59 Å². The van der Waals surface area contributed by atoms with Gasteiger partial charge in [0.15, 0.2) is 6.61 Å². The zero-order valence-corrected chi connectivity index (χ0v) is 15.6. The number of benzene rings is 2. The Hall–Kier alpha value is -3.55. The Bertz CT molecular complexity index is 835. The third kappa shape index (κ3) is 6.01. The van der Waals surface area contributed by atoms with Gasteiger partial charge < -0.3 is 25.2 Å². The smallest absolute Gasteiger partial charge is 0.326 e. The molecule has 0 heterocycles. The molecule has 0 radical (unpaired) electrons. The van der Waals surface area contributed by atoms with Crippen molar-refractivity contribution in [3.63, 3.8) is 0 Å². The van der Waals surface area contributed by atoms with Crippen molar-refractivity contribution in [2.45, 2.75) is 19.4 Å². The van der Waals surface area contributed by atoms with Crippen molar-refractivity contribution in [2.75, 3.05) is 19.0 Å². The highest BCUT2D eigenvalue weighted by atomic mass is 16.5. The van der Waals surface area contributed by atoms with Gasteiger partial charge in [0.2, 0.25) is 0 Å². The van der Waals surface area contributed by atoms with Crippen molar-refractivity contribution in [3.8, 4) is 11.5 Å². The number of hydrogen-bond donors (Lipinski definition) is 3. The van der Waals surface area contributed by atoms with Gasteiger partial charge in [0.1, 0.15) is 17.5 Å². The number of anilines is 1. The SMILES string of the molecule is CCC(NC(=O)c1ccc(OCC(=O)Nc2cccc(OC)c2)cc1)C(=O)O. The summed E-state index contributed by atoms with van der Waals surface area (Å²) in [4.78, 5) is 35.0. The number of hydrogen-bond acceptors (Lipinski definition) is 5. The summed E-state index contributed by atoms with van der Waals surface area (Å²) in [7, 11) is 1.54. The monoisotopic (exact) mass is 386 g/mol. The van der Waals surface area contributed by atoms with E-state index in [0.717, 1.165) is 0 Å². The first kappa shape index (κ1) is 20.8. The van der Waals surface area contributed by atoms with E-state index >= 15 is 0 Å². The number of rotatable bonds is 9. The molecule has 3 N–H and O–H groups in total. The molecule has 2 aromatic carbocycles. The maximum absolute atomic E-state index is 12.1. The van der Waals surface area contributed by atoms with Gasteiger partial charge in [-0.05, 0) is 42.8 Å². The van der Waals surface area contributed by atoms with Crippen LogP contribution in [0.3, 0.4) is 0 Å². The fraction of sp³-hybridized carbons (Fsp3) is 0.250. The molecule has 2 rings (SSSR count). The molecule has 28 heavy (non-hydrogen) atoms. The van der Waals surface area contributed by atoms with E-state index in [2.05, 4.69) is 10.6 Å². The van der Waals surface area contributed by atoms with Crippen LogP contribution in [0, 0.1) is 0 Å². The van der Waals surface area contributed by atoms with E-state index in [-0.39, 0.29) is 18.9 Å². The number of aliphatic carboxylic acids is 1. The summed E-state index contributed by atoms with van der Waals surface area (Å²) in [5.74, 6) is -0.889. The minimum absolute atomic E-state index is 0.209. The lowest BCUT2D eigenvalue weighted by molar-refractivity contribution is -0.139. The van der Waals surface area contributed by atoms with Gasteiger partial charge in [0.25, 0.3) is 11.8 Å². The molecule has 0 saturated heterocycles. The topological polar surface area (TPSA) is 114 Å². The van der Waals surface area contributed by atoms with Crippen LogP contribution >= 0.6 is 0 Å². The van der Waals surface area contributed by atoms with Gasteiger partial charge in [-0.2, -0.15) is 0 Å². The van der Waals surface area contributed by atoms with Crippen LogP contribution in [0.25, 0.3) is 0 Å². The lowest BCUT2D eigenvalue weighted by Crippen LogP contribution is -2.40. The predicted octanol–water partition coefficient (Wildman–Crippen LogP) is 2.31. The van der Waals surface area contributed by atoms with Crippen molar-refractivity contribution < 1.29 is 29.0 Å². The van der Waals surface area contributed by atoms with Crippen molar-refractivity contribution in [1.82, 2.24) is 5.32 Å². The summed E-state index contributed by atoms with van der Waals surface area (Å²) in [5.41, 5.74) is 0.886. The molecule has 0 aliphatic rings. The molecule has 2 amide bonds. The Morgan fingerprint density at radius 3 is 2.39 bits per heavy atom. The third-order valence-corrected chi connectivity index (χ3v) is 3.85. The van der Waals surface area contributed by atoms with Gasteiger partial charge >= 0.3 is 5.97 Å². The number of carbonyl (C=O) groups is 3. The Morgan fingerprint density at radius 2 is 1.79 bits per heavy atom. The van der Waals surface area contributed by atoms with Gasteiger partial charge in [0.05, 0.1) is 7.11 Å². The molecule has 0 bridgehead atoms. The van der Waals surface area contributed by atoms with Crippen LogP contribution < -0.4 is 20.1 Å². The Labute approximate surface area is 162 Å². The molecule has 0 saturated carbocycles. The summed E-state index contributed by atoms with van der Waals surface area (Å²) in [6, 6.07) is 12.1. The second kappa shape index (κ2) is 9.96. The van der Waals surface area contributed by atoms with Gasteiger partial charge in [-0.25, -0.2) is 4.79 Å². The van der Waals surface area contributed by atoms with Crippen molar-refractivity contribution in [2.24, 2.45) is 0 Å². The fourth-order valence-electron chi connectivity index (χ4n) is 2.33. The second-order valence-electron chi connectivity index (χ2n) is 5.87. The zero-order chi connectivity index (χ0) is 20.5. The molecule has 1 unspecified atom stereocenters. The molecule has 148 valence electrons. The summed E-state index contributed by atoms with van der Waals surface area (Å²) >= 11 is 0. The molecular weight excluding hydrogens is 364 g/mol. The van der Waals surface area contributed by atoms with E-state index in [0.29, 0.717) is 22.7 Å². The second-order valence-corrected chi connectivity index (χ2v) is 5.87. The molecule has 1 atom stereocenters. The molecular formula is C20H22N2O6. The Balaban J connectivity index is 1.87. The number of nitrogens with one attached hydrogen (secondary N) is 2. The van der Waals surface area contributed by atoms with Crippen LogP contribution in [0.1, 0.15) is 23.7 Å². The lowest BCUT2D eigenvalue weighted by Gasteiger charge is -2.12. The number of methoxy groups -OCH3 is 1. The predicted molar refractivity (Wildman–Crippen MR) is 103 cm³/mol. The van der Waals surface area contributed by atoms with E-state index in [1.54, 1.807) is 31.2 Å². The van der Waals surface area contributed by atoms with Crippen LogP contribution in [0.15, 0.2) is 48.5 Å². The Kier molecular flexibility index (Phi) is 7.38. The van der Waals surface area contributed by atoms with Crippen LogP contribution in [-0.2, 0) is 9.59 Å². The van der Waals surface area contributed by atoms with Gasteiger partial charge in [-0.15, -0.1) is 0 Å². The first-order valence-electron chi connectivity index (χ1n) is 8.63. The zero-order valence-electron chi connectivity index (χ0n) is 15.6. The fourth-order valence-corrected chi connectivity index (χ4v) is 2.33. The number of amides is 2. The highest BCUT2D eigenvalue weighted by Crippen LogP contribution is 2.17. The lowest BCUT2D eigenvalue weighted by atomic mass is 10.1.